The minimum absolute atomic E-state index is 0.625. The van der Waals surface area contributed by atoms with E-state index in [1.165, 1.54) is 0 Å². The molecule has 6 heterocycles. The van der Waals surface area contributed by atoms with E-state index >= 15 is 0 Å². The van der Waals surface area contributed by atoms with Gasteiger partial charge >= 0.3 is 0 Å². The third kappa shape index (κ3) is 14.5. The number of benzene rings is 16. The quantitative estimate of drug-likeness (QED) is 0.0932. The maximum atomic E-state index is 7.19. The van der Waals surface area contributed by atoms with Crippen molar-refractivity contribution in [2.45, 2.75) is 0 Å². The highest BCUT2D eigenvalue weighted by atomic mass is 16.3. The lowest BCUT2D eigenvalue weighted by Gasteiger charge is -2.11. The van der Waals surface area contributed by atoms with Crippen LogP contribution in [-0.4, -0.2) is 34.9 Å². The second-order valence-electron chi connectivity index (χ2n) is 30.2. The first-order valence-electron chi connectivity index (χ1n) is 40.9. The van der Waals surface area contributed by atoms with Crippen LogP contribution in [0.3, 0.4) is 0 Å². The van der Waals surface area contributed by atoms with E-state index in [1.807, 2.05) is 127 Å². The van der Waals surface area contributed by atoms with E-state index in [0.717, 1.165) is 200 Å². The number of nitrogens with zero attached hydrogens (tertiary/aromatic N) is 7. The van der Waals surface area contributed by atoms with Crippen molar-refractivity contribution < 1.29 is 8.83 Å². The largest absolute Gasteiger partial charge is 0.453 e. The third-order valence-electron chi connectivity index (χ3n) is 22.4. The Morgan fingerprint density at radius 3 is 0.820 bits per heavy atom. The minimum Gasteiger partial charge on any atom is -0.453 e. The van der Waals surface area contributed by atoms with Crippen LogP contribution in [0, 0.1) is 0 Å². The summed E-state index contributed by atoms with van der Waals surface area (Å²) in [5.41, 5.74) is 29.7. The van der Waals surface area contributed by atoms with Gasteiger partial charge in [0.2, 0.25) is 0 Å². The van der Waals surface area contributed by atoms with Crippen molar-refractivity contribution in [1.29, 1.82) is 0 Å². The van der Waals surface area contributed by atoms with Crippen molar-refractivity contribution >= 4 is 43.7 Å². The molecule has 0 aliphatic rings. The topological polar surface area (TPSA) is 117 Å². The monoisotopic (exact) mass is 1560 g/mol. The number of pyridine rings is 2. The van der Waals surface area contributed by atoms with Gasteiger partial charge in [0.05, 0.1) is 22.4 Å². The fourth-order valence-corrected chi connectivity index (χ4v) is 16.5. The first kappa shape index (κ1) is 73.2. The van der Waals surface area contributed by atoms with Crippen LogP contribution in [0.25, 0.3) is 224 Å². The zero-order valence-corrected chi connectivity index (χ0v) is 66.1. The number of fused-ring (bicyclic) bond motifs is 6. The molecule has 16 aromatic carbocycles. The number of para-hydroxylation sites is 2. The van der Waals surface area contributed by atoms with Gasteiger partial charge in [-0.3, -0.25) is 0 Å². The smallest absolute Gasteiger partial charge is 0.164 e. The molecule has 0 aliphatic heterocycles. The Balaban J connectivity index is 0.000000150. The molecule has 0 amide bonds. The molecule has 0 radical (unpaired) electrons. The van der Waals surface area contributed by atoms with Gasteiger partial charge in [-0.15, -0.1) is 0 Å². The van der Waals surface area contributed by atoms with E-state index in [0.29, 0.717) is 23.3 Å². The van der Waals surface area contributed by atoms with Gasteiger partial charge in [0.25, 0.3) is 0 Å². The fraction of sp³-hybridized carbons (Fsp3) is 0. The number of rotatable bonds is 16. The molecule has 0 bridgehead atoms. The second-order valence-corrected chi connectivity index (χ2v) is 30.2. The first-order chi connectivity index (χ1) is 60.5. The fourth-order valence-electron chi connectivity index (χ4n) is 16.5. The molecule has 0 saturated carbocycles. The minimum atomic E-state index is 0.625. The standard InChI is InChI=1S/C57H37N3O.C56H36N4O/c1-5-18-38(19-6-1)42-26-16-30-46(35-42)52-53-48-32-13-14-33-49(48)58-54(40-22-9-3-10-23-40)56(53)61-55(52)47-31-17-28-44(36-47)43-27-15-29-45(34-43)51-37-50(39-20-7-2-8-21-39)59-57(60-51)41-24-11-4-12-25-41;1-5-16-37(17-6-1)45-24-15-25-46(36-45)49-50-47-26-13-14-27-48(47)57-51(40-18-7-2-8-19-40)53(50)61-52(49)41-32-28-38(29-33-41)39-30-34-44(35-31-39)56-59-54(42-20-9-3-10-21-42)58-55(60-56)43-22-11-4-12-23-43/h1-37H;1-36H. The van der Waals surface area contributed by atoms with Gasteiger partial charge in [-0.1, -0.05) is 400 Å². The molecule has 572 valence electrons. The van der Waals surface area contributed by atoms with Crippen molar-refractivity contribution in [3.8, 4) is 180 Å². The Hall–Kier alpha value is -16.5. The summed E-state index contributed by atoms with van der Waals surface area (Å²) < 4.78 is 14.3. The first-order valence-corrected chi connectivity index (χ1v) is 40.9. The van der Waals surface area contributed by atoms with Gasteiger partial charge in [-0.2, -0.15) is 0 Å². The van der Waals surface area contributed by atoms with Crippen molar-refractivity contribution in [3.05, 3.63) is 443 Å². The van der Waals surface area contributed by atoms with Gasteiger partial charge in [0.1, 0.15) is 22.9 Å². The summed E-state index contributed by atoms with van der Waals surface area (Å²) >= 11 is 0. The Morgan fingerprint density at radius 2 is 0.410 bits per heavy atom. The molecule has 122 heavy (non-hydrogen) atoms. The van der Waals surface area contributed by atoms with Crippen LogP contribution in [-0.2, 0) is 0 Å². The summed E-state index contributed by atoms with van der Waals surface area (Å²) in [6, 6.07) is 153. The van der Waals surface area contributed by atoms with Gasteiger partial charge in [0, 0.05) is 88.3 Å². The molecule has 0 fully saturated rings. The van der Waals surface area contributed by atoms with Gasteiger partial charge in [-0.25, -0.2) is 34.9 Å². The number of hydrogen-bond donors (Lipinski definition) is 0. The average Bonchev–Trinajstić information content (AvgIpc) is 1.57. The highest BCUT2D eigenvalue weighted by Crippen LogP contribution is 2.50. The van der Waals surface area contributed by atoms with Crippen LogP contribution in [0.4, 0.5) is 0 Å². The lowest BCUT2D eigenvalue weighted by atomic mass is 9.92. The molecular weight excluding hydrogens is 1490 g/mol. The van der Waals surface area contributed by atoms with Crippen LogP contribution in [0.5, 0.6) is 0 Å². The third-order valence-corrected chi connectivity index (χ3v) is 22.4. The van der Waals surface area contributed by atoms with E-state index in [9.17, 15) is 0 Å². The van der Waals surface area contributed by atoms with E-state index in [1.54, 1.807) is 0 Å². The Kier molecular flexibility index (Phi) is 19.5. The molecule has 0 aliphatic carbocycles. The van der Waals surface area contributed by atoms with Gasteiger partial charge in [-0.05, 0) is 98.1 Å². The normalized spacial score (nSPS) is 11.3. The van der Waals surface area contributed by atoms with Gasteiger partial charge < -0.3 is 8.83 Å². The van der Waals surface area contributed by atoms with Crippen molar-refractivity contribution in [1.82, 2.24) is 34.9 Å². The van der Waals surface area contributed by atoms with E-state index < -0.39 is 0 Å². The number of hydrogen-bond acceptors (Lipinski definition) is 9. The highest BCUT2D eigenvalue weighted by Gasteiger charge is 2.28. The highest BCUT2D eigenvalue weighted by molar-refractivity contribution is 6.20. The summed E-state index contributed by atoms with van der Waals surface area (Å²) in [4.78, 5) is 35.3. The van der Waals surface area contributed by atoms with E-state index in [2.05, 4.69) is 315 Å². The summed E-state index contributed by atoms with van der Waals surface area (Å²) in [6.07, 6.45) is 0. The SMILES string of the molecule is c1ccc(-c2cccc(-c3c(-c4ccc(-c5ccc(-c6nc(-c7ccccc7)nc(-c7ccccc7)n6)cc5)cc4)oc4c(-c5ccccc5)nc5ccccc5c34)c2)cc1.c1ccc(-c2cccc(-c3c(-c4cccc(-c5cccc(-c6cc(-c7ccccc7)nc(-c7ccccc7)n6)c5)c4)oc4c(-c5ccccc5)nc5ccccc5c34)c2)cc1. The zero-order chi connectivity index (χ0) is 81.1. The lowest BCUT2D eigenvalue weighted by molar-refractivity contribution is 0.632. The van der Waals surface area contributed by atoms with Crippen LogP contribution in [0.2, 0.25) is 0 Å². The Morgan fingerprint density at radius 1 is 0.156 bits per heavy atom. The molecule has 6 aromatic heterocycles. The number of aromatic nitrogens is 7. The molecule has 0 unspecified atom stereocenters. The molecular formula is C113H73N7O2. The number of furan rings is 2. The average molecular weight is 1560 g/mol. The van der Waals surface area contributed by atoms with Crippen LogP contribution >= 0.6 is 0 Å². The summed E-state index contributed by atoms with van der Waals surface area (Å²) in [5.74, 6) is 4.19. The predicted molar refractivity (Wildman–Crippen MR) is 499 cm³/mol. The molecule has 0 atom stereocenters. The van der Waals surface area contributed by atoms with Crippen molar-refractivity contribution in [2.24, 2.45) is 0 Å². The molecule has 0 N–H and O–H groups in total. The molecule has 9 heteroatoms. The summed E-state index contributed by atoms with van der Waals surface area (Å²) in [5, 5.41) is 4.19. The molecule has 9 nitrogen and oxygen atoms in total. The van der Waals surface area contributed by atoms with E-state index in [4.69, 9.17) is 43.7 Å². The van der Waals surface area contributed by atoms with E-state index in [-0.39, 0.29) is 0 Å². The molecule has 22 rings (SSSR count). The molecule has 0 spiro atoms. The Bertz CT molecular complexity index is 7450. The van der Waals surface area contributed by atoms with Crippen molar-refractivity contribution in [3.63, 3.8) is 0 Å². The second kappa shape index (κ2) is 32.5. The van der Waals surface area contributed by atoms with Crippen LogP contribution < -0.4 is 0 Å². The Labute approximate surface area is 705 Å². The van der Waals surface area contributed by atoms with Crippen LogP contribution in [0.1, 0.15) is 0 Å². The van der Waals surface area contributed by atoms with Crippen LogP contribution in [0.15, 0.2) is 452 Å². The maximum Gasteiger partial charge on any atom is 0.164 e. The zero-order valence-electron chi connectivity index (χ0n) is 66.1. The molecule has 0 saturated heterocycles. The maximum absolute atomic E-state index is 7.19. The van der Waals surface area contributed by atoms with Gasteiger partial charge in [0.15, 0.2) is 34.5 Å². The predicted octanol–water partition coefficient (Wildman–Crippen LogP) is 29.6. The molecule has 22 aromatic rings. The summed E-state index contributed by atoms with van der Waals surface area (Å²) in [6.45, 7) is 0. The summed E-state index contributed by atoms with van der Waals surface area (Å²) in [7, 11) is 0. The van der Waals surface area contributed by atoms with Crippen molar-refractivity contribution in [2.75, 3.05) is 0 Å². The lowest BCUT2D eigenvalue weighted by Crippen LogP contribution is -2.00.